The van der Waals surface area contributed by atoms with Crippen LogP contribution in [0.3, 0.4) is 0 Å². The Morgan fingerprint density at radius 3 is 2.09 bits per heavy atom. The van der Waals surface area contributed by atoms with E-state index in [0.717, 1.165) is 16.8 Å². The van der Waals surface area contributed by atoms with E-state index in [4.69, 9.17) is 9.52 Å². The van der Waals surface area contributed by atoms with Gasteiger partial charge in [0.15, 0.2) is 11.7 Å². The Balaban J connectivity index is 0.00000192. The van der Waals surface area contributed by atoms with Crippen molar-refractivity contribution in [1.82, 2.24) is 4.98 Å². The number of aromatic nitrogens is 1. The molecular weight excluding hydrogens is 301 g/mol. The topological polar surface area (TPSA) is 63.3 Å². The zero-order valence-electron chi connectivity index (χ0n) is 12.9. The number of aliphatic carboxylic acids is 1. The van der Waals surface area contributed by atoms with E-state index in [1.807, 2.05) is 60.7 Å². The van der Waals surface area contributed by atoms with Gasteiger partial charge in [0.25, 0.3) is 0 Å². The van der Waals surface area contributed by atoms with Crippen LogP contribution in [-0.4, -0.2) is 16.1 Å². The van der Waals surface area contributed by atoms with Crippen molar-refractivity contribution in [2.24, 2.45) is 0 Å². The Hall–Kier alpha value is -1.88. The third-order valence-electron chi connectivity index (χ3n) is 3.31. The number of oxazole rings is 1. The van der Waals surface area contributed by atoms with Crippen molar-refractivity contribution in [3.05, 3.63) is 66.6 Å². The Kier molecular flexibility index (Phi) is 6.16. The molecule has 3 rings (SSSR count). The van der Waals surface area contributed by atoms with Gasteiger partial charge in [-0.3, -0.25) is 4.79 Å². The molecule has 5 heteroatoms. The standard InChI is InChI=1S/C18H15NO3.Na/c20-16(21)12-11-15-19-17(13-7-3-1-4-8-13)18(22-15)14-9-5-2-6-10-14;/h1-10H,11-12H2,(H,20,21);/q;+1. The molecule has 0 bridgehead atoms. The molecule has 0 saturated carbocycles. The zero-order valence-corrected chi connectivity index (χ0v) is 14.9. The van der Waals surface area contributed by atoms with Gasteiger partial charge in [0.2, 0.25) is 0 Å². The van der Waals surface area contributed by atoms with Gasteiger partial charge >= 0.3 is 35.5 Å². The number of hydrogen-bond donors (Lipinski definition) is 1. The molecule has 0 fully saturated rings. The van der Waals surface area contributed by atoms with Crippen LogP contribution in [0.25, 0.3) is 22.6 Å². The first kappa shape index (κ1) is 17.5. The molecule has 2 aromatic carbocycles. The van der Waals surface area contributed by atoms with Gasteiger partial charge in [0.1, 0.15) is 5.69 Å². The van der Waals surface area contributed by atoms with Crippen LogP contribution in [0.5, 0.6) is 0 Å². The second-order valence-electron chi connectivity index (χ2n) is 4.91. The SMILES string of the molecule is O=C(O)CCc1nc(-c2ccccc2)c(-c2ccccc2)o1.[Na+]. The van der Waals surface area contributed by atoms with E-state index < -0.39 is 5.97 Å². The molecule has 0 atom stereocenters. The van der Waals surface area contributed by atoms with E-state index in [9.17, 15) is 4.79 Å². The molecule has 23 heavy (non-hydrogen) atoms. The number of carbonyl (C=O) groups is 1. The first-order chi connectivity index (χ1) is 10.7. The van der Waals surface area contributed by atoms with Gasteiger partial charge in [-0.15, -0.1) is 0 Å². The molecule has 1 N–H and O–H groups in total. The van der Waals surface area contributed by atoms with E-state index in [1.54, 1.807) is 0 Å². The normalized spacial score (nSPS) is 10.1. The monoisotopic (exact) mass is 316 g/mol. The molecule has 0 aliphatic carbocycles. The summed E-state index contributed by atoms with van der Waals surface area (Å²) in [6.45, 7) is 0. The number of hydrogen-bond acceptors (Lipinski definition) is 3. The summed E-state index contributed by atoms with van der Waals surface area (Å²) in [5.41, 5.74) is 2.62. The molecule has 0 spiro atoms. The van der Waals surface area contributed by atoms with Gasteiger partial charge in [-0.2, -0.15) is 0 Å². The molecular formula is C18H15NNaO3+. The van der Waals surface area contributed by atoms with Crippen molar-refractivity contribution in [3.63, 3.8) is 0 Å². The van der Waals surface area contributed by atoms with Gasteiger partial charge in [0, 0.05) is 17.5 Å². The van der Waals surface area contributed by atoms with Crippen molar-refractivity contribution in [2.45, 2.75) is 12.8 Å². The Labute approximate surface area is 156 Å². The van der Waals surface area contributed by atoms with Crippen LogP contribution >= 0.6 is 0 Å². The van der Waals surface area contributed by atoms with Crippen LogP contribution in [-0.2, 0) is 11.2 Å². The fraction of sp³-hybridized carbons (Fsp3) is 0.111. The maximum atomic E-state index is 10.7. The van der Waals surface area contributed by atoms with E-state index in [1.165, 1.54) is 0 Å². The van der Waals surface area contributed by atoms with Gasteiger partial charge < -0.3 is 9.52 Å². The minimum absolute atomic E-state index is 0. The summed E-state index contributed by atoms with van der Waals surface area (Å²) in [6.07, 6.45) is 0.283. The maximum Gasteiger partial charge on any atom is 1.00 e. The molecule has 110 valence electrons. The zero-order chi connectivity index (χ0) is 15.4. The summed E-state index contributed by atoms with van der Waals surface area (Å²) in [6, 6.07) is 19.5. The number of carboxylic acids is 1. The predicted octanol–water partition coefficient (Wildman–Crippen LogP) is 1.03. The van der Waals surface area contributed by atoms with Crippen LogP contribution in [0.15, 0.2) is 65.1 Å². The average molecular weight is 316 g/mol. The molecule has 0 aliphatic heterocycles. The number of rotatable bonds is 5. The fourth-order valence-electron chi connectivity index (χ4n) is 2.26. The van der Waals surface area contributed by atoms with Crippen LogP contribution < -0.4 is 29.6 Å². The quantitative estimate of drug-likeness (QED) is 0.714. The predicted molar refractivity (Wildman–Crippen MR) is 83.3 cm³/mol. The second-order valence-corrected chi connectivity index (χ2v) is 4.91. The van der Waals surface area contributed by atoms with Crippen molar-refractivity contribution in [1.29, 1.82) is 0 Å². The third-order valence-corrected chi connectivity index (χ3v) is 3.31. The molecule has 3 aromatic rings. The van der Waals surface area contributed by atoms with E-state index in [2.05, 4.69) is 4.98 Å². The molecule has 0 unspecified atom stereocenters. The number of benzene rings is 2. The Morgan fingerprint density at radius 1 is 0.957 bits per heavy atom. The molecule has 1 heterocycles. The molecule has 0 aliphatic rings. The smallest absolute Gasteiger partial charge is 0.481 e. The number of nitrogens with zero attached hydrogens (tertiary/aromatic N) is 1. The van der Waals surface area contributed by atoms with Crippen molar-refractivity contribution >= 4 is 5.97 Å². The number of aryl methyl sites for hydroxylation is 1. The molecule has 0 saturated heterocycles. The van der Waals surface area contributed by atoms with E-state index >= 15 is 0 Å². The van der Waals surface area contributed by atoms with Crippen molar-refractivity contribution in [3.8, 4) is 22.6 Å². The number of carboxylic acid groups (broad SMARTS) is 1. The minimum Gasteiger partial charge on any atom is -0.481 e. The molecule has 0 radical (unpaired) electrons. The van der Waals surface area contributed by atoms with Crippen LogP contribution in [0, 0.1) is 0 Å². The van der Waals surface area contributed by atoms with E-state index in [0.29, 0.717) is 11.7 Å². The Morgan fingerprint density at radius 2 is 1.52 bits per heavy atom. The average Bonchev–Trinajstić information content (AvgIpc) is 2.99. The summed E-state index contributed by atoms with van der Waals surface area (Å²) in [5.74, 6) is 0.257. The van der Waals surface area contributed by atoms with Crippen molar-refractivity contribution in [2.75, 3.05) is 0 Å². The first-order valence-corrected chi connectivity index (χ1v) is 7.06. The van der Waals surface area contributed by atoms with Crippen LogP contribution in [0.1, 0.15) is 12.3 Å². The van der Waals surface area contributed by atoms with Crippen LogP contribution in [0.2, 0.25) is 0 Å². The van der Waals surface area contributed by atoms with Gasteiger partial charge in [0.05, 0.1) is 6.42 Å². The van der Waals surface area contributed by atoms with Crippen molar-refractivity contribution < 1.29 is 43.9 Å². The van der Waals surface area contributed by atoms with Crippen LogP contribution in [0.4, 0.5) is 0 Å². The first-order valence-electron chi connectivity index (χ1n) is 7.06. The van der Waals surface area contributed by atoms with E-state index in [-0.39, 0.29) is 42.4 Å². The third kappa shape index (κ3) is 4.32. The summed E-state index contributed by atoms with van der Waals surface area (Å²) < 4.78 is 5.83. The van der Waals surface area contributed by atoms with Gasteiger partial charge in [-0.1, -0.05) is 60.7 Å². The fourth-order valence-corrected chi connectivity index (χ4v) is 2.26. The van der Waals surface area contributed by atoms with Gasteiger partial charge in [-0.05, 0) is 0 Å². The summed E-state index contributed by atoms with van der Waals surface area (Å²) in [4.78, 5) is 15.2. The largest absolute Gasteiger partial charge is 1.00 e. The molecule has 0 amide bonds. The molecule has 4 nitrogen and oxygen atoms in total. The summed E-state index contributed by atoms with van der Waals surface area (Å²) in [7, 11) is 0. The van der Waals surface area contributed by atoms with Gasteiger partial charge in [-0.25, -0.2) is 4.98 Å². The summed E-state index contributed by atoms with van der Waals surface area (Å²) in [5, 5.41) is 8.82. The summed E-state index contributed by atoms with van der Waals surface area (Å²) >= 11 is 0. The maximum absolute atomic E-state index is 10.7. The second kappa shape index (κ2) is 8.11. The Bertz CT molecular complexity index is 712. The minimum atomic E-state index is -0.860. The molecule has 1 aromatic heterocycles.